The lowest BCUT2D eigenvalue weighted by atomic mass is 10.3. The molecule has 0 aromatic heterocycles. The maximum absolute atomic E-state index is 10.4. The maximum atomic E-state index is 10.4. The van der Waals surface area contributed by atoms with Gasteiger partial charge in [-0.2, -0.15) is 0 Å². The molecule has 1 atom stereocenters. The zero-order valence-electron chi connectivity index (χ0n) is 7.25. The van der Waals surface area contributed by atoms with Crippen LogP contribution in [0.25, 0.3) is 0 Å². The molecule has 0 radical (unpaired) electrons. The largest absolute Gasteiger partial charge is 0.510 e. The molecule has 0 saturated carbocycles. The highest BCUT2D eigenvalue weighted by Gasteiger charge is 2.24. The second kappa shape index (κ2) is 4.98. The van der Waals surface area contributed by atoms with Gasteiger partial charge in [-0.25, -0.2) is 4.79 Å². The molecule has 12 heavy (non-hydrogen) atoms. The third kappa shape index (κ3) is 3.09. The van der Waals surface area contributed by atoms with E-state index < -0.39 is 12.4 Å². The van der Waals surface area contributed by atoms with Gasteiger partial charge in [-0.05, 0) is 6.42 Å². The van der Waals surface area contributed by atoms with Gasteiger partial charge in [-0.15, -0.1) is 0 Å². The first kappa shape index (κ1) is 9.32. The van der Waals surface area contributed by atoms with Gasteiger partial charge in [0.05, 0.1) is 6.61 Å². The van der Waals surface area contributed by atoms with Gasteiger partial charge < -0.3 is 14.2 Å². The summed E-state index contributed by atoms with van der Waals surface area (Å²) in [5.41, 5.74) is 0. The van der Waals surface area contributed by atoms with E-state index in [1.54, 1.807) is 0 Å². The van der Waals surface area contributed by atoms with Crippen molar-refractivity contribution < 1.29 is 19.0 Å². The number of hydrogen-bond acceptors (Lipinski definition) is 4. The molecular weight excluding hydrogens is 160 g/mol. The third-order valence-electron chi connectivity index (χ3n) is 1.62. The Bertz CT molecular complexity index is 146. The summed E-state index contributed by atoms with van der Waals surface area (Å²) in [5, 5.41) is 0. The van der Waals surface area contributed by atoms with E-state index in [1.807, 2.05) is 0 Å². The van der Waals surface area contributed by atoms with Crippen molar-refractivity contribution in [2.75, 3.05) is 13.2 Å². The molecule has 4 heteroatoms. The summed E-state index contributed by atoms with van der Waals surface area (Å²) < 4.78 is 14.4. The molecule has 1 heterocycles. The van der Waals surface area contributed by atoms with Crippen LogP contribution in [0.2, 0.25) is 0 Å². The normalized spacial score (nSPS) is 22.1. The van der Waals surface area contributed by atoms with E-state index in [2.05, 4.69) is 16.4 Å². The standard InChI is InChI=1S/C8H14O4/c1-2-3-4-5-10-7-6-11-8(9)12-7/h7H,2-6H2,1H3. The average molecular weight is 174 g/mol. The lowest BCUT2D eigenvalue weighted by Crippen LogP contribution is -2.15. The monoisotopic (exact) mass is 174 g/mol. The van der Waals surface area contributed by atoms with Crippen LogP contribution < -0.4 is 0 Å². The predicted molar refractivity (Wildman–Crippen MR) is 41.7 cm³/mol. The minimum Gasteiger partial charge on any atom is -0.428 e. The van der Waals surface area contributed by atoms with Gasteiger partial charge in [0.2, 0.25) is 6.29 Å². The number of ether oxygens (including phenoxy) is 3. The highest BCUT2D eigenvalue weighted by molar-refractivity contribution is 5.61. The fourth-order valence-corrected chi connectivity index (χ4v) is 0.960. The highest BCUT2D eigenvalue weighted by atomic mass is 16.8. The fraction of sp³-hybridized carbons (Fsp3) is 0.875. The number of cyclic esters (lactones) is 2. The van der Waals surface area contributed by atoms with E-state index >= 15 is 0 Å². The molecule has 0 spiro atoms. The molecule has 1 unspecified atom stereocenters. The van der Waals surface area contributed by atoms with Crippen LogP contribution in [0.15, 0.2) is 0 Å². The molecule has 1 fully saturated rings. The minimum absolute atomic E-state index is 0.227. The summed E-state index contributed by atoms with van der Waals surface area (Å²) in [6, 6.07) is 0. The van der Waals surface area contributed by atoms with Crippen LogP contribution in [-0.4, -0.2) is 25.7 Å². The van der Waals surface area contributed by atoms with Crippen molar-refractivity contribution >= 4 is 6.16 Å². The van der Waals surface area contributed by atoms with Crippen molar-refractivity contribution in [1.29, 1.82) is 0 Å². The van der Waals surface area contributed by atoms with Gasteiger partial charge in [0.1, 0.15) is 0 Å². The Balaban J connectivity index is 1.97. The number of unbranched alkanes of at least 4 members (excludes halogenated alkanes) is 2. The molecule has 0 aliphatic carbocycles. The van der Waals surface area contributed by atoms with Crippen LogP contribution >= 0.6 is 0 Å². The van der Waals surface area contributed by atoms with Crippen molar-refractivity contribution in [1.82, 2.24) is 0 Å². The van der Waals surface area contributed by atoms with Crippen molar-refractivity contribution in [3.63, 3.8) is 0 Å². The topological polar surface area (TPSA) is 44.8 Å². The Morgan fingerprint density at radius 2 is 2.42 bits per heavy atom. The van der Waals surface area contributed by atoms with Gasteiger partial charge in [-0.3, -0.25) is 0 Å². The van der Waals surface area contributed by atoms with Gasteiger partial charge in [0, 0.05) is 0 Å². The summed E-state index contributed by atoms with van der Waals surface area (Å²) in [5.74, 6) is 0. The van der Waals surface area contributed by atoms with Gasteiger partial charge in [0.25, 0.3) is 0 Å². The van der Waals surface area contributed by atoms with Gasteiger partial charge >= 0.3 is 6.16 Å². The molecule has 0 N–H and O–H groups in total. The van der Waals surface area contributed by atoms with E-state index in [0.29, 0.717) is 6.61 Å². The van der Waals surface area contributed by atoms with E-state index in [-0.39, 0.29) is 6.61 Å². The molecular formula is C8H14O4. The quantitative estimate of drug-likeness (QED) is 0.470. The first-order valence-corrected chi connectivity index (χ1v) is 4.28. The lowest BCUT2D eigenvalue weighted by molar-refractivity contribution is -0.0780. The van der Waals surface area contributed by atoms with Crippen LogP contribution in [0.3, 0.4) is 0 Å². The molecule has 70 valence electrons. The summed E-state index contributed by atoms with van der Waals surface area (Å²) in [4.78, 5) is 10.4. The molecule has 0 bridgehead atoms. The van der Waals surface area contributed by atoms with Crippen LogP contribution in [0.1, 0.15) is 26.2 Å². The van der Waals surface area contributed by atoms with Gasteiger partial charge in [-0.1, -0.05) is 19.8 Å². The van der Waals surface area contributed by atoms with Crippen molar-refractivity contribution in [3.05, 3.63) is 0 Å². The maximum Gasteiger partial charge on any atom is 0.510 e. The molecule has 1 aliphatic rings. The Labute approximate surface area is 71.8 Å². The van der Waals surface area contributed by atoms with Crippen LogP contribution in [0, 0.1) is 0 Å². The van der Waals surface area contributed by atoms with Crippen molar-refractivity contribution in [2.24, 2.45) is 0 Å². The SMILES string of the molecule is CCCCCOC1COC(=O)O1. The molecule has 1 aliphatic heterocycles. The second-order valence-corrected chi connectivity index (χ2v) is 2.69. The molecule has 0 aromatic rings. The average Bonchev–Trinajstić information content (AvgIpc) is 2.45. The number of hydrogen-bond donors (Lipinski definition) is 0. The number of carbonyl (C=O) groups is 1. The first-order chi connectivity index (χ1) is 5.83. The second-order valence-electron chi connectivity index (χ2n) is 2.69. The van der Waals surface area contributed by atoms with E-state index in [4.69, 9.17) is 4.74 Å². The molecule has 0 amide bonds. The van der Waals surface area contributed by atoms with E-state index in [9.17, 15) is 4.79 Å². The lowest BCUT2D eigenvalue weighted by Gasteiger charge is -2.06. The van der Waals surface area contributed by atoms with Crippen LogP contribution in [-0.2, 0) is 14.2 Å². The van der Waals surface area contributed by atoms with Crippen LogP contribution in [0.5, 0.6) is 0 Å². The van der Waals surface area contributed by atoms with Crippen molar-refractivity contribution in [2.45, 2.75) is 32.5 Å². The molecule has 1 saturated heterocycles. The van der Waals surface area contributed by atoms with E-state index in [1.165, 1.54) is 0 Å². The Kier molecular flexibility index (Phi) is 3.87. The smallest absolute Gasteiger partial charge is 0.428 e. The van der Waals surface area contributed by atoms with E-state index in [0.717, 1.165) is 19.3 Å². The summed E-state index contributed by atoms with van der Waals surface area (Å²) in [7, 11) is 0. The Morgan fingerprint density at radius 1 is 1.58 bits per heavy atom. The number of carbonyl (C=O) groups excluding carboxylic acids is 1. The summed E-state index contributed by atoms with van der Waals surface area (Å²) >= 11 is 0. The first-order valence-electron chi connectivity index (χ1n) is 4.28. The minimum atomic E-state index is -0.629. The zero-order valence-corrected chi connectivity index (χ0v) is 7.25. The Hall–Kier alpha value is -0.770. The van der Waals surface area contributed by atoms with Gasteiger partial charge in [0.15, 0.2) is 6.61 Å². The molecule has 4 nitrogen and oxygen atoms in total. The molecule has 1 rings (SSSR count). The zero-order chi connectivity index (χ0) is 8.81. The highest BCUT2D eigenvalue weighted by Crippen LogP contribution is 2.08. The third-order valence-corrected chi connectivity index (χ3v) is 1.62. The Morgan fingerprint density at radius 3 is 3.00 bits per heavy atom. The summed E-state index contributed by atoms with van der Waals surface area (Å²) in [6.07, 6.45) is 2.20. The fourth-order valence-electron chi connectivity index (χ4n) is 0.960. The van der Waals surface area contributed by atoms with Crippen molar-refractivity contribution in [3.8, 4) is 0 Å². The van der Waals surface area contributed by atoms with Crippen LogP contribution in [0.4, 0.5) is 4.79 Å². The number of rotatable bonds is 5. The molecule has 0 aromatic carbocycles. The predicted octanol–water partition coefficient (Wildman–Crippen LogP) is 1.69. The summed E-state index contributed by atoms with van der Waals surface area (Å²) in [6.45, 7) is 2.98.